The summed E-state index contributed by atoms with van der Waals surface area (Å²) >= 11 is 0. The van der Waals surface area contributed by atoms with Crippen LogP contribution < -0.4 is 0 Å². The van der Waals surface area contributed by atoms with Crippen molar-refractivity contribution in [2.24, 2.45) is 11.8 Å². The van der Waals surface area contributed by atoms with E-state index in [-0.39, 0.29) is 0 Å². The molecule has 0 aliphatic heterocycles. The molecule has 2 heteroatoms. The van der Waals surface area contributed by atoms with Gasteiger partial charge in [-0.15, -0.1) is 0 Å². The third-order valence-corrected chi connectivity index (χ3v) is 10.8. The van der Waals surface area contributed by atoms with Crippen molar-refractivity contribution in [3.63, 3.8) is 0 Å². The molecule has 0 unspecified atom stereocenters. The first-order chi connectivity index (χ1) is 8.70. The Morgan fingerprint density at radius 2 is 1.47 bits per heavy atom. The second-order valence-electron chi connectivity index (χ2n) is 7.57. The summed E-state index contributed by atoms with van der Waals surface area (Å²) in [6.07, 6.45) is 4.85. The van der Waals surface area contributed by atoms with Crippen molar-refractivity contribution in [1.82, 2.24) is 0 Å². The number of allylic oxidation sites excluding steroid dienone is 2. The lowest BCUT2D eigenvalue weighted by molar-refractivity contribution is 0.295. The molecule has 0 N–H and O–H groups in total. The van der Waals surface area contributed by atoms with Gasteiger partial charge in [0.25, 0.3) is 8.32 Å². The van der Waals surface area contributed by atoms with Gasteiger partial charge in [0, 0.05) is 6.42 Å². The zero-order valence-corrected chi connectivity index (χ0v) is 15.3. The first kappa shape index (κ1) is 16.8. The SMILES string of the molecule is CC(C)[Si](OC1=C[C@@H](C)C[C@@H](C)C1)(C(C)C)C(C)C. The highest BCUT2D eigenvalue weighted by atomic mass is 28.4. The van der Waals surface area contributed by atoms with Gasteiger partial charge in [-0.2, -0.15) is 0 Å². The summed E-state index contributed by atoms with van der Waals surface area (Å²) in [7, 11) is -1.74. The van der Waals surface area contributed by atoms with Crippen LogP contribution in [0.15, 0.2) is 11.8 Å². The average Bonchev–Trinajstić information content (AvgIpc) is 2.22. The van der Waals surface area contributed by atoms with Crippen LogP contribution in [0.2, 0.25) is 16.6 Å². The van der Waals surface area contributed by atoms with Crippen LogP contribution in [0.5, 0.6) is 0 Å². The maximum absolute atomic E-state index is 6.80. The highest BCUT2D eigenvalue weighted by Crippen LogP contribution is 2.45. The molecule has 0 heterocycles. The molecule has 1 nitrogen and oxygen atoms in total. The second-order valence-corrected chi connectivity index (χ2v) is 13.0. The van der Waals surface area contributed by atoms with Crippen LogP contribution in [0.1, 0.15) is 68.2 Å². The molecule has 0 amide bonds. The van der Waals surface area contributed by atoms with E-state index in [1.54, 1.807) is 0 Å². The molecule has 1 rings (SSSR count). The summed E-state index contributed by atoms with van der Waals surface area (Å²) in [5, 5.41) is 0. The molecule has 0 fully saturated rings. The van der Waals surface area contributed by atoms with Crippen molar-refractivity contribution in [1.29, 1.82) is 0 Å². The lowest BCUT2D eigenvalue weighted by Crippen LogP contribution is -2.47. The third kappa shape index (κ3) is 3.65. The van der Waals surface area contributed by atoms with E-state index in [4.69, 9.17) is 4.43 Å². The van der Waals surface area contributed by atoms with Crippen LogP contribution in [0, 0.1) is 11.8 Å². The Bertz CT molecular complexity index is 295. The van der Waals surface area contributed by atoms with E-state index in [0.717, 1.165) is 12.3 Å². The van der Waals surface area contributed by atoms with E-state index in [1.807, 2.05) is 0 Å². The lowest BCUT2D eigenvalue weighted by atomic mass is 9.88. The van der Waals surface area contributed by atoms with Crippen LogP contribution in [-0.2, 0) is 4.43 Å². The van der Waals surface area contributed by atoms with Crippen molar-refractivity contribution in [3.8, 4) is 0 Å². The van der Waals surface area contributed by atoms with E-state index in [9.17, 15) is 0 Å². The van der Waals surface area contributed by atoms with Crippen molar-refractivity contribution in [3.05, 3.63) is 11.8 Å². The molecule has 0 spiro atoms. The fraction of sp³-hybridized carbons (Fsp3) is 0.882. The van der Waals surface area contributed by atoms with Gasteiger partial charge in [-0.05, 0) is 41.0 Å². The molecule has 0 aromatic heterocycles. The summed E-state index contributed by atoms with van der Waals surface area (Å²) in [6.45, 7) is 18.9. The Hall–Kier alpha value is -0.243. The minimum Gasteiger partial charge on any atom is -0.546 e. The molecule has 1 aliphatic rings. The maximum Gasteiger partial charge on any atom is 0.258 e. The Balaban J connectivity index is 3.01. The summed E-state index contributed by atoms with van der Waals surface area (Å²) in [6, 6.07) is 0. The third-order valence-electron chi connectivity index (χ3n) is 4.81. The molecular formula is C17H34OSi. The molecule has 0 aromatic rings. The van der Waals surface area contributed by atoms with Crippen molar-refractivity contribution in [2.45, 2.75) is 84.9 Å². The first-order valence-electron chi connectivity index (χ1n) is 8.09. The standard InChI is InChI=1S/C17H34OSi/c1-12(2)19(13(3)4,14(5)6)18-17-10-15(7)9-16(8)11-17/h10,12-16H,9,11H2,1-8H3/t15-,16+/m0/s1. The second kappa shape index (κ2) is 6.47. The monoisotopic (exact) mass is 282 g/mol. The smallest absolute Gasteiger partial charge is 0.258 e. The molecule has 0 saturated heterocycles. The lowest BCUT2D eigenvalue weighted by Gasteiger charge is -2.44. The molecule has 0 aromatic carbocycles. The van der Waals surface area contributed by atoms with Gasteiger partial charge in [-0.1, -0.05) is 55.4 Å². The van der Waals surface area contributed by atoms with Crippen LogP contribution in [0.25, 0.3) is 0 Å². The van der Waals surface area contributed by atoms with Crippen LogP contribution in [0.4, 0.5) is 0 Å². The van der Waals surface area contributed by atoms with Gasteiger partial charge in [0.15, 0.2) is 0 Å². The van der Waals surface area contributed by atoms with E-state index >= 15 is 0 Å². The predicted molar refractivity (Wildman–Crippen MR) is 87.8 cm³/mol. The largest absolute Gasteiger partial charge is 0.546 e. The van der Waals surface area contributed by atoms with E-state index in [0.29, 0.717) is 22.5 Å². The summed E-state index contributed by atoms with van der Waals surface area (Å²) in [4.78, 5) is 0. The van der Waals surface area contributed by atoms with E-state index in [1.165, 1.54) is 12.2 Å². The van der Waals surface area contributed by atoms with Crippen LogP contribution >= 0.6 is 0 Å². The molecule has 2 atom stereocenters. The van der Waals surface area contributed by atoms with Gasteiger partial charge < -0.3 is 4.43 Å². The molecule has 112 valence electrons. The molecule has 0 saturated carbocycles. The summed E-state index contributed by atoms with van der Waals surface area (Å²) in [5.41, 5.74) is 2.00. The number of hydrogen-bond donors (Lipinski definition) is 0. The Kier molecular flexibility index (Phi) is 5.73. The van der Waals surface area contributed by atoms with Gasteiger partial charge in [0.1, 0.15) is 0 Å². The minimum absolute atomic E-state index is 0.668. The fourth-order valence-corrected chi connectivity index (χ4v) is 9.48. The zero-order chi connectivity index (χ0) is 14.8. The Morgan fingerprint density at radius 1 is 1.00 bits per heavy atom. The Morgan fingerprint density at radius 3 is 1.84 bits per heavy atom. The van der Waals surface area contributed by atoms with Crippen molar-refractivity contribution >= 4 is 8.32 Å². The van der Waals surface area contributed by atoms with Crippen molar-refractivity contribution in [2.75, 3.05) is 0 Å². The molecular weight excluding hydrogens is 248 g/mol. The highest BCUT2D eigenvalue weighted by Gasteiger charge is 2.47. The molecule has 0 radical (unpaired) electrons. The van der Waals surface area contributed by atoms with Crippen LogP contribution in [0.3, 0.4) is 0 Å². The topological polar surface area (TPSA) is 9.23 Å². The van der Waals surface area contributed by atoms with E-state index in [2.05, 4.69) is 61.5 Å². The predicted octanol–water partition coefficient (Wildman–Crippen LogP) is 6.13. The number of hydrogen-bond acceptors (Lipinski definition) is 1. The van der Waals surface area contributed by atoms with E-state index < -0.39 is 8.32 Å². The van der Waals surface area contributed by atoms with Gasteiger partial charge in [-0.3, -0.25) is 0 Å². The molecule has 0 bridgehead atoms. The maximum atomic E-state index is 6.80. The van der Waals surface area contributed by atoms with Crippen LogP contribution in [-0.4, -0.2) is 8.32 Å². The zero-order valence-electron chi connectivity index (χ0n) is 14.3. The highest BCUT2D eigenvalue weighted by molar-refractivity contribution is 6.77. The van der Waals surface area contributed by atoms with Gasteiger partial charge >= 0.3 is 0 Å². The first-order valence-corrected chi connectivity index (χ1v) is 10.2. The quantitative estimate of drug-likeness (QED) is 0.551. The fourth-order valence-electron chi connectivity index (χ4n) is 4.17. The average molecular weight is 283 g/mol. The molecule has 1 aliphatic carbocycles. The molecule has 19 heavy (non-hydrogen) atoms. The summed E-state index contributed by atoms with van der Waals surface area (Å²) in [5.74, 6) is 2.75. The summed E-state index contributed by atoms with van der Waals surface area (Å²) < 4.78 is 6.80. The van der Waals surface area contributed by atoms with Gasteiger partial charge in [-0.25, -0.2) is 0 Å². The Labute approximate surface area is 122 Å². The van der Waals surface area contributed by atoms with Gasteiger partial charge in [0.05, 0.1) is 5.76 Å². The number of rotatable bonds is 5. The minimum atomic E-state index is -1.74. The normalized spacial score (nSPS) is 25.1. The van der Waals surface area contributed by atoms with Gasteiger partial charge in [0.2, 0.25) is 0 Å². The van der Waals surface area contributed by atoms with Crippen molar-refractivity contribution < 1.29 is 4.43 Å².